The second-order valence-corrected chi connectivity index (χ2v) is 9.94. The highest BCUT2D eigenvalue weighted by Gasteiger charge is 2.15. The maximum Gasteiger partial charge on any atom is 0.232 e. The third-order valence-corrected chi connectivity index (χ3v) is 7.12. The monoisotopic (exact) mass is 467 g/mol. The van der Waals surface area contributed by atoms with Crippen molar-refractivity contribution in [1.82, 2.24) is 10.3 Å². The Labute approximate surface area is 194 Å². The number of pyridine rings is 1. The minimum atomic E-state index is -3.55. The number of aromatic nitrogens is 1. The molecule has 5 N–H and O–H groups in total. The lowest BCUT2D eigenvalue weighted by molar-refractivity contribution is 0.477. The smallest absolute Gasteiger partial charge is 0.232 e. The first-order valence-electron chi connectivity index (χ1n) is 11.0. The summed E-state index contributed by atoms with van der Waals surface area (Å²) in [5.41, 5.74) is 10.7. The van der Waals surface area contributed by atoms with E-state index in [0.29, 0.717) is 23.4 Å². The van der Waals surface area contributed by atoms with Crippen LogP contribution in [0.3, 0.4) is 0 Å². The minimum Gasteiger partial charge on any atom is -0.506 e. The van der Waals surface area contributed by atoms with Crippen molar-refractivity contribution >= 4 is 27.2 Å². The van der Waals surface area contributed by atoms with Crippen LogP contribution in [-0.4, -0.2) is 50.4 Å². The Kier molecular flexibility index (Phi) is 6.71. The summed E-state index contributed by atoms with van der Waals surface area (Å²) in [5, 5.41) is 13.5. The molecular weight excluding hydrogens is 438 g/mol. The second kappa shape index (κ2) is 9.68. The first-order chi connectivity index (χ1) is 15.9. The Morgan fingerprint density at radius 1 is 1.06 bits per heavy atom. The standard InChI is InChI=1S/C24H29N5O3S/c1-2-13-33(31,32)28-22-15-18(5-8-23(22)30)21-14-19(16-27-24(21)25)17-3-6-20(7-4-17)29-11-9-26-10-12-29/h3-8,14-16,26,28,30H,2,9-13H2,1H3,(H2,25,27). The number of hydrogen-bond donors (Lipinski definition) is 4. The number of phenolic OH excluding ortho intramolecular Hbond substituents is 1. The number of anilines is 3. The molecule has 2 heterocycles. The van der Waals surface area contributed by atoms with Crippen molar-refractivity contribution in [2.24, 2.45) is 0 Å². The van der Waals surface area contributed by atoms with Gasteiger partial charge in [-0.05, 0) is 47.9 Å². The van der Waals surface area contributed by atoms with Gasteiger partial charge in [-0.25, -0.2) is 13.4 Å². The van der Waals surface area contributed by atoms with E-state index < -0.39 is 10.0 Å². The molecule has 8 nitrogen and oxygen atoms in total. The first-order valence-corrected chi connectivity index (χ1v) is 12.7. The SMILES string of the molecule is CCCS(=O)(=O)Nc1cc(-c2cc(-c3ccc(N4CCNCC4)cc3)cnc2N)ccc1O. The molecular formula is C24H29N5O3S. The molecule has 0 unspecified atom stereocenters. The molecule has 1 fully saturated rings. The fourth-order valence-electron chi connectivity index (χ4n) is 3.92. The molecule has 0 aliphatic carbocycles. The third-order valence-electron chi connectivity index (χ3n) is 5.65. The number of hydrogen-bond acceptors (Lipinski definition) is 7. The highest BCUT2D eigenvalue weighted by molar-refractivity contribution is 7.92. The second-order valence-electron chi connectivity index (χ2n) is 8.09. The molecule has 1 saturated heterocycles. The van der Waals surface area contributed by atoms with Crippen molar-refractivity contribution in [3.63, 3.8) is 0 Å². The van der Waals surface area contributed by atoms with Crippen LogP contribution in [0.15, 0.2) is 54.7 Å². The average molecular weight is 468 g/mol. The van der Waals surface area contributed by atoms with Crippen LogP contribution >= 0.6 is 0 Å². The molecule has 33 heavy (non-hydrogen) atoms. The van der Waals surface area contributed by atoms with Crippen molar-refractivity contribution < 1.29 is 13.5 Å². The number of nitrogens with one attached hydrogen (secondary N) is 2. The van der Waals surface area contributed by atoms with Gasteiger partial charge in [0.2, 0.25) is 10.0 Å². The van der Waals surface area contributed by atoms with E-state index in [2.05, 4.69) is 44.2 Å². The maximum atomic E-state index is 12.2. The van der Waals surface area contributed by atoms with E-state index in [1.807, 2.05) is 6.07 Å². The molecule has 1 aliphatic heterocycles. The molecule has 0 radical (unpaired) electrons. The molecule has 0 spiro atoms. The Bertz CT molecular complexity index is 1220. The summed E-state index contributed by atoms with van der Waals surface area (Å²) < 4.78 is 26.8. The molecule has 1 aliphatic rings. The zero-order valence-electron chi connectivity index (χ0n) is 18.6. The third kappa shape index (κ3) is 5.37. The van der Waals surface area contributed by atoms with Gasteiger partial charge in [0.25, 0.3) is 0 Å². The summed E-state index contributed by atoms with van der Waals surface area (Å²) in [6, 6.07) is 15.0. The minimum absolute atomic E-state index is 0.0280. The van der Waals surface area contributed by atoms with E-state index in [1.54, 1.807) is 25.3 Å². The number of benzene rings is 2. The van der Waals surface area contributed by atoms with Gasteiger partial charge in [-0.1, -0.05) is 25.1 Å². The molecule has 1 aromatic heterocycles. The van der Waals surface area contributed by atoms with Crippen LogP contribution in [0, 0.1) is 0 Å². The summed E-state index contributed by atoms with van der Waals surface area (Å²) in [5.74, 6) is 0.147. The zero-order valence-corrected chi connectivity index (χ0v) is 19.4. The van der Waals surface area contributed by atoms with Crippen LogP contribution in [0.4, 0.5) is 17.2 Å². The molecule has 174 valence electrons. The number of rotatable bonds is 7. The number of nitrogens with two attached hydrogens (primary N) is 1. The molecule has 0 amide bonds. The van der Waals surface area contributed by atoms with E-state index in [9.17, 15) is 13.5 Å². The van der Waals surface area contributed by atoms with Crippen molar-refractivity contribution in [1.29, 1.82) is 0 Å². The zero-order chi connectivity index (χ0) is 23.4. The largest absolute Gasteiger partial charge is 0.506 e. The van der Waals surface area contributed by atoms with Gasteiger partial charge in [0.05, 0.1) is 11.4 Å². The van der Waals surface area contributed by atoms with Gasteiger partial charge in [0.1, 0.15) is 11.6 Å². The fraction of sp³-hybridized carbons (Fsp3) is 0.292. The quantitative estimate of drug-likeness (QED) is 0.394. The number of sulfonamides is 1. The van der Waals surface area contributed by atoms with Gasteiger partial charge in [-0.3, -0.25) is 4.72 Å². The van der Waals surface area contributed by atoms with Crippen LogP contribution in [0.25, 0.3) is 22.3 Å². The van der Waals surface area contributed by atoms with Crippen LogP contribution in [0.2, 0.25) is 0 Å². The van der Waals surface area contributed by atoms with Crippen LogP contribution in [-0.2, 0) is 10.0 Å². The lowest BCUT2D eigenvalue weighted by atomic mass is 10.00. The normalized spacial score (nSPS) is 14.3. The number of nitrogens with zero attached hydrogens (tertiary/aromatic N) is 2. The maximum absolute atomic E-state index is 12.2. The number of phenols is 1. The van der Waals surface area contributed by atoms with Crippen LogP contribution < -0.4 is 20.7 Å². The van der Waals surface area contributed by atoms with E-state index in [-0.39, 0.29) is 17.2 Å². The molecule has 2 aromatic carbocycles. The van der Waals surface area contributed by atoms with Gasteiger partial charge in [0.15, 0.2) is 0 Å². The number of aromatic hydroxyl groups is 1. The van der Waals surface area contributed by atoms with Gasteiger partial charge < -0.3 is 21.1 Å². The summed E-state index contributed by atoms with van der Waals surface area (Å²) in [7, 11) is -3.55. The number of piperazine rings is 1. The highest BCUT2D eigenvalue weighted by Crippen LogP contribution is 2.35. The van der Waals surface area contributed by atoms with Gasteiger partial charge >= 0.3 is 0 Å². The summed E-state index contributed by atoms with van der Waals surface area (Å²) >= 11 is 0. The van der Waals surface area contributed by atoms with E-state index in [0.717, 1.165) is 37.3 Å². The molecule has 4 rings (SSSR count). The van der Waals surface area contributed by atoms with Crippen molar-refractivity contribution in [2.45, 2.75) is 13.3 Å². The molecule has 3 aromatic rings. The van der Waals surface area contributed by atoms with E-state index >= 15 is 0 Å². The van der Waals surface area contributed by atoms with Crippen molar-refractivity contribution in [3.8, 4) is 28.0 Å². The lowest BCUT2D eigenvalue weighted by Gasteiger charge is -2.29. The predicted octanol–water partition coefficient (Wildman–Crippen LogP) is 3.26. The van der Waals surface area contributed by atoms with Crippen LogP contribution in [0.1, 0.15) is 13.3 Å². The predicted molar refractivity (Wildman–Crippen MR) is 134 cm³/mol. The van der Waals surface area contributed by atoms with Crippen molar-refractivity contribution in [2.75, 3.05) is 47.3 Å². The van der Waals surface area contributed by atoms with Crippen LogP contribution in [0.5, 0.6) is 5.75 Å². The van der Waals surface area contributed by atoms with Gasteiger partial charge in [0, 0.05) is 49.2 Å². The lowest BCUT2D eigenvalue weighted by Crippen LogP contribution is -2.43. The molecule has 9 heteroatoms. The van der Waals surface area contributed by atoms with Gasteiger partial charge in [-0.15, -0.1) is 0 Å². The average Bonchev–Trinajstić information content (AvgIpc) is 2.81. The van der Waals surface area contributed by atoms with Crippen molar-refractivity contribution in [3.05, 3.63) is 54.7 Å². The Hall–Kier alpha value is -3.30. The topological polar surface area (TPSA) is 121 Å². The Morgan fingerprint density at radius 3 is 2.45 bits per heavy atom. The summed E-state index contributed by atoms with van der Waals surface area (Å²) in [6.07, 6.45) is 2.20. The summed E-state index contributed by atoms with van der Waals surface area (Å²) in [4.78, 5) is 6.71. The number of nitrogen functional groups attached to an aromatic ring is 1. The fourth-order valence-corrected chi connectivity index (χ4v) is 5.06. The highest BCUT2D eigenvalue weighted by atomic mass is 32.2. The summed E-state index contributed by atoms with van der Waals surface area (Å²) in [6.45, 7) is 5.71. The van der Waals surface area contributed by atoms with E-state index in [4.69, 9.17) is 5.73 Å². The first kappa shape index (κ1) is 22.9. The molecule has 0 bridgehead atoms. The molecule has 0 atom stereocenters. The van der Waals surface area contributed by atoms with E-state index in [1.165, 1.54) is 11.8 Å². The Balaban J connectivity index is 1.63. The Morgan fingerprint density at radius 2 is 1.76 bits per heavy atom. The molecule has 0 saturated carbocycles. The van der Waals surface area contributed by atoms with Gasteiger partial charge in [-0.2, -0.15) is 0 Å².